The minimum atomic E-state index is -0.475. The summed E-state index contributed by atoms with van der Waals surface area (Å²) in [5.41, 5.74) is 1.20. The maximum absolute atomic E-state index is 10.3. The van der Waals surface area contributed by atoms with Crippen LogP contribution in [-0.2, 0) is 6.54 Å². The highest BCUT2D eigenvalue weighted by molar-refractivity contribution is 5.26. The van der Waals surface area contributed by atoms with E-state index in [9.17, 15) is 5.11 Å². The lowest BCUT2D eigenvalue weighted by atomic mass is 9.95. The minimum Gasteiger partial charge on any atom is -0.491 e. The Morgan fingerprint density at radius 1 is 1.24 bits per heavy atom. The Kier molecular flexibility index (Phi) is 6.04. The largest absolute Gasteiger partial charge is 0.491 e. The van der Waals surface area contributed by atoms with Crippen molar-refractivity contribution in [3.05, 3.63) is 42.0 Å². The molecule has 6 nitrogen and oxygen atoms in total. The standard InChI is InChI=1S/C19H28N4O2/c1-3-23-14-20-21-19(23)16-8-10-22(11-9-16)12-17(24)13-25-18-6-4-15(2)5-7-18/h4-7,14,16-17,24H,3,8-13H2,1-2H3. The fourth-order valence-corrected chi connectivity index (χ4v) is 3.38. The van der Waals surface area contributed by atoms with Crippen molar-refractivity contribution in [1.29, 1.82) is 0 Å². The summed E-state index contributed by atoms with van der Waals surface area (Å²) in [7, 11) is 0. The molecule has 0 saturated carbocycles. The van der Waals surface area contributed by atoms with Crippen molar-refractivity contribution in [2.24, 2.45) is 0 Å². The number of piperidine rings is 1. The van der Waals surface area contributed by atoms with Crippen molar-refractivity contribution in [2.75, 3.05) is 26.2 Å². The van der Waals surface area contributed by atoms with Crippen molar-refractivity contribution < 1.29 is 9.84 Å². The molecule has 0 bridgehead atoms. The molecule has 1 aromatic heterocycles. The summed E-state index contributed by atoms with van der Waals surface area (Å²) in [5.74, 6) is 2.38. The third-order valence-corrected chi connectivity index (χ3v) is 4.87. The highest BCUT2D eigenvalue weighted by Gasteiger charge is 2.25. The normalized spacial score (nSPS) is 17.6. The van der Waals surface area contributed by atoms with Crippen LogP contribution in [0.4, 0.5) is 0 Å². The maximum atomic E-state index is 10.3. The molecule has 1 aliphatic heterocycles. The Balaban J connectivity index is 1.41. The molecule has 1 N–H and O–H groups in total. The van der Waals surface area contributed by atoms with Crippen LogP contribution in [0.5, 0.6) is 5.75 Å². The predicted molar refractivity (Wildman–Crippen MR) is 96.8 cm³/mol. The van der Waals surface area contributed by atoms with Crippen LogP contribution < -0.4 is 4.74 Å². The number of benzene rings is 1. The second-order valence-corrected chi connectivity index (χ2v) is 6.83. The highest BCUT2D eigenvalue weighted by atomic mass is 16.5. The van der Waals surface area contributed by atoms with Gasteiger partial charge < -0.3 is 19.3 Å². The average Bonchev–Trinajstić information content (AvgIpc) is 3.11. The minimum absolute atomic E-state index is 0.327. The van der Waals surface area contributed by atoms with E-state index in [4.69, 9.17) is 4.74 Å². The van der Waals surface area contributed by atoms with Crippen molar-refractivity contribution in [1.82, 2.24) is 19.7 Å². The summed E-state index contributed by atoms with van der Waals surface area (Å²) >= 11 is 0. The van der Waals surface area contributed by atoms with Gasteiger partial charge in [-0.3, -0.25) is 0 Å². The number of aromatic nitrogens is 3. The number of ether oxygens (including phenoxy) is 1. The van der Waals surface area contributed by atoms with E-state index in [1.165, 1.54) is 5.56 Å². The number of nitrogens with zero attached hydrogens (tertiary/aromatic N) is 4. The first-order valence-corrected chi connectivity index (χ1v) is 9.13. The number of rotatable bonds is 7. The number of aryl methyl sites for hydroxylation is 2. The second-order valence-electron chi connectivity index (χ2n) is 6.83. The van der Waals surface area contributed by atoms with Crippen LogP contribution in [0.3, 0.4) is 0 Å². The quantitative estimate of drug-likeness (QED) is 0.834. The maximum Gasteiger partial charge on any atom is 0.135 e. The van der Waals surface area contributed by atoms with Crippen molar-refractivity contribution in [2.45, 2.75) is 45.3 Å². The van der Waals surface area contributed by atoms with Gasteiger partial charge in [-0.15, -0.1) is 10.2 Å². The fraction of sp³-hybridized carbons (Fsp3) is 0.579. The van der Waals surface area contributed by atoms with Crippen LogP contribution in [0.15, 0.2) is 30.6 Å². The molecule has 0 spiro atoms. The summed E-state index contributed by atoms with van der Waals surface area (Å²) in [4.78, 5) is 2.31. The molecule has 1 saturated heterocycles. The van der Waals surface area contributed by atoms with Crippen molar-refractivity contribution in [3.63, 3.8) is 0 Å². The van der Waals surface area contributed by atoms with Gasteiger partial charge in [-0.05, 0) is 51.9 Å². The Labute approximate surface area is 149 Å². The summed E-state index contributed by atoms with van der Waals surface area (Å²) < 4.78 is 7.81. The molecule has 6 heteroatoms. The zero-order valence-electron chi connectivity index (χ0n) is 15.1. The third kappa shape index (κ3) is 4.80. The first-order valence-electron chi connectivity index (χ1n) is 9.13. The van der Waals surface area contributed by atoms with Gasteiger partial charge in [0.25, 0.3) is 0 Å². The molecule has 25 heavy (non-hydrogen) atoms. The first-order chi connectivity index (χ1) is 12.2. The lowest BCUT2D eigenvalue weighted by molar-refractivity contribution is 0.0589. The van der Waals surface area contributed by atoms with E-state index < -0.39 is 6.10 Å². The Morgan fingerprint density at radius 3 is 2.64 bits per heavy atom. The smallest absolute Gasteiger partial charge is 0.135 e. The molecule has 1 fully saturated rings. The molecule has 1 atom stereocenters. The first kappa shape index (κ1) is 17.9. The van der Waals surface area contributed by atoms with Gasteiger partial charge in [0.1, 0.15) is 30.6 Å². The van der Waals surface area contributed by atoms with Gasteiger partial charge in [0.15, 0.2) is 0 Å². The summed E-state index contributed by atoms with van der Waals surface area (Å²) in [5, 5.41) is 18.6. The van der Waals surface area contributed by atoms with Crippen LogP contribution in [0.2, 0.25) is 0 Å². The number of aliphatic hydroxyl groups excluding tert-OH is 1. The van der Waals surface area contributed by atoms with Gasteiger partial charge in [0.2, 0.25) is 0 Å². The number of β-amino-alcohol motifs (C(OH)–C–C–N with tert-alkyl or cyclic N) is 1. The molecule has 1 unspecified atom stereocenters. The summed E-state index contributed by atoms with van der Waals surface area (Å²) in [6.07, 6.45) is 3.46. The molecular weight excluding hydrogens is 316 g/mol. The highest BCUT2D eigenvalue weighted by Crippen LogP contribution is 2.26. The monoisotopic (exact) mass is 344 g/mol. The average molecular weight is 344 g/mol. The molecule has 2 heterocycles. The van der Waals surface area contributed by atoms with E-state index in [1.807, 2.05) is 37.5 Å². The molecule has 1 aliphatic rings. The second kappa shape index (κ2) is 8.45. The van der Waals surface area contributed by atoms with Crippen molar-refractivity contribution in [3.8, 4) is 5.75 Å². The molecule has 0 amide bonds. The van der Waals surface area contributed by atoms with E-state index in [1.54, 1.807) is 0 Å². The Morgan fingerprint density at radius 2 is 1.96 bits per heavy atom. The topological polar surface area (TPSA) is 63.4 Å². The summed E-state index contributed by atoms with van der Waals surface area (Å²) in [6.45, 7) is 8.01. The van der Waals surface area contributed by atoms with Gasteiger partial charge in [0, 0.05) is 19.0 Å². The van der Waals surface area contributed by atoms with Crippen LogP contribution in [0.25, 0.3) is 0 Å². The van der Waals surface area contributed by atoms with Crippen LogP contribution >= 0.6 is 0 Å². The molecular formula is C19H28N4O2. The molecule has 0 radical (unpaired) electrons. The third-order valence-electron chi connectivity index (χ3n) is 4.87. The molecule has 2 aromatic rings. The van der Waals surface area contributed by atoms with E-state index in [2.05, 4.69) is 26.6 Å². The summed E-state index contributed by atoms with van der Waals surface area (Å²) in [6, 6.07) is 7.91. The van der Waals surface area contributed by atoms with Gasteiger partial charge in [0.05, 0.1) is 0 Å². The van der Waals surface area contributed by atoms with E-state index in [0.29, 0.717) is 19.1 Å². The van der Waals surface area contributed by atoms with Crippen LogP contribution in [-0.4, -0.2) is 57.1 Å². The molecule has 3 rings (SSSR count). The number of aliphatic hydroxyl groups is 1. The predicted octanol–water partition coefficient (Wildman–Crippen LogP) is 2.23. The fourth-order valence-electron chi connectivity index (χ4n) is 3.38. The number of hydrogen-bond donors (Lipinski definition) is 1. The van der Waals surface area contributed by atoms with Crippen molar-refractivity contribution >= 4 is 0 Å². The van der Waals surface area contributed by atoms with Gasteiger partial charge in [-0.1, -0.05) is 17.7 Å². The van der Waals surface area contributed by atoms with Gasteiger partial charge in [-0.25, -0.2) is 0 Å². The lowest BCUT2D eigenvalue weighted by Gasteiger charge is -2.32. The number of hydrogen-bond acceptors (Lipinski definition) is 5. The molecule has 0 aliphatic carbocycles. The zero-order chi connectivity index (χ0) is 17.6. The van der Waals surface area contributed by atoms with Crippen LogP contribution in [0, 0.1) is 6.92 Å². The van der Waals surface area contributed by atoms with E-state index in [-0.39, 0.29) is 0 Å². The Hall–Kier alpha value is -1.92. The van der Waals surface area contributed by atoms with Crippen LogP contribution in [0.1, 0.15) is 37.1 Å². The lowest BCUT2D eigenvalue weighted by Crippen LogP contribution is -2.40. The number of likely N-dealkylation sites (tertiary alicyclic amines) is 1. The SMILES string of the molecule is CCn1cnnc1C1CCN(CC(O)COc2ccc(C)cc2)CC1. The molecule has 1 aromatic carbocycles. The van der Waals surface area contributed by atoms with Gasteiger partial charge in [-0.2, -0.15) is 0 Å². The van der Waals surface area contributed by atoms with Gasteiger partial charge >= 0.3 is 0 Å². The molecule has 136 valence electrons. The zero-order valence-corrected chi connectivity index (χ0v) is 15.1. The van der Waals surface area contributed by atoms with E-state index in [0.717, 1.165) is 44.0 Å². The van der Waals surface area contributed by atoms with E-state index >= 15 is 0 Å². The Bertz CT molecular complexity index is 648.